The third-order valence-corrected chi connectivity index (χ3v) is 4.02. The number of phenolic OH excluding ortho intramolecular Hbond substituents is 1. The van der Waals surface area contributed by atoms with E-state index in [9.17, 15) is 17.9 Å². The van der Waals surface area contributed by atoms with Crippen LogP contribution in [0.15, 0.2) is 41.3 Å². The summed E-state index contributed by atoms with van der Waals surface area (Å²) in [5.41, 5.74) is 0.624. The molecule has 0 spiro atoms. The lowest BCUT2D eigenvalue weighted by molar-refractivity contribution is 0.466. The van der Waals surface area contributed by atoms with Crippen molar-refractivity contribution in [1.82, 2.24) is 0 Å². The van der Waals surface area contributed by atoms with Gasteiger partial charge < -0.3 is 10.4 Å². The number of primary sulfonamides is 1. The number of sulfonamides is 1. The fourth-order valence-corrected chi connectivity index (χ4v) is 2.43. The SMILES string of the molecule is NS(=O)(=O)c1ccc(Cl)c(NCc2cc(F)ccc2O)c1. The predicted molar refractivity (Wildman–Crippen MR) is 78.2 cm³/mol. The van der Waals surface area contributed by atoms with Gasteiger partial charge in [0.05, 0.1) is 15.6 Å². The molecule has 0 aliphatic carbocycles. The van der Waals surface area contributed by atoms with Gasteiger partial charge in [-0.1, -0.05) is 11.6 Å². The maximum Gasteiger partial charge on any atom is 0.238 e. The Kier molecular flexibility index (Phi) is 4.36. The second-order valence-electron chi connectivity index (χ2n) is 4.31. The van der Waals surface area contributed by atoms with Crippen LogP contribution in [-0.2, 0) is 16.6 Å². The third kappa shape index (κ3) is 3.84. The molecule has 4 N–H and O–H groups in total. The molecule has 112 valence electrons. The highest BCUT2D eigenvalue weighted by Gasteiger charge is 2.11. The Labute approximate surface area is 126 Å². The summed E-state index contributed by atoms with van der Waals surface area (Å²) in [6, 6.07) is 7.47. The molecule has 0 atom stereocenters. The second kappa shape index (κ2) is 5.88. The average molecular weight is 331 g/mol. The summed E-state index contributed by atoms with van der Waals surface area (Å²) in [7, 11) is -3.85. The van der Waals surface area contributed by atoms with Crippen LogP contribution >= 0.6 is 11.6 Å². The van der Waals surface area contributed by atoms with E-state index >= 15 is 0 Å². The highest BCUT2D eigenvalue weighted by atomic mass is 35.5. The number of phenols is 1. The van der Waals surface area contributed by atoms with Gasteiger partial charge in [-0.15, -0.1) is 0 Å². The lowest BCUT2D eigenvalue weighted by Gasteiger charge is -2.11. The first-order valence-electron chi connectivity index (χ1n) is 5.81. The second-order valence-corrected chi connectivity index (χ2v) is 6.28. The van der Waals surface area contributed by atoms with Crippen LogP contribution < -0.4 is 10.5 Å². The van der Waals surface area contributed by atoms with Crippen LogP contribution in [0.25, 0.3) is 0 Å². The first-order valence-corrected chi connectivity index (χ1v) is 7.73. The lowest BCUT2D eigenvalue weighted by Crippen LogP contribution is -2.12. The molecule has 0 aliphatic heterocycles. The monoisotopic (exact) mass is 330 g/mol. The van der Waals surface area contributed by atoms with Crippen molar-refractivity contribution >= 4 is 27.3 Å². The van der Waals surface area contributed by atoms with Gasteiger partial charge in [0.1, 0.15) is 11.6 Å². The van der Waals surface area contributed by atoms with Crippen molar-refractivity contribution in [3.05, 3.63) is 52.8 Å². The fourth-order valence-electron chi connectivity index (χ4n) is 1.70. The minimum absolute atomic E-state index is 0.0669. The minimum atomic E-state index is -3.85. The minimum Gasteiger partial charge on any atom is -0.508 e. The van der Waals surface area contributed by atoms with E-state index in [1.54, 1.807) is 0 Å². The molecule has 0 aliphatic rings. The van der Waals surface area contributed by atoms with E-state index in [4.69, 9.17) is 16.7 Å². The molecule has 0 aromatic heterocycles. The Morgan fingerprint density at radius 2 is 1.95 bits per heavy atom. The van der Waals surface area contributed by atoms with Gasteiger partial charge in [0.25, 0.3) is 0 Å². The van der Waals surface area contributed by atoms with E-state index in [-0.39, 0.29) is 22.2 Å². The Bertz CT molecular complexity index is 781. The van der Waals surface area contributed by atoms with Crippen LogP contribution in [0.3, 0.4) is 0 Å². The molecule has 21 heavy (non-hydrogen) atoms. The first-order chi connectivity index (χ1) is 9.77. The summed E-state index contributed by atoms with van der Waals surface area (Å²) in [6.07, 6.45) is 0. The molecular formula is C13H12ClFN2O3S. The number of anilines is 1. The molecule has 2 aromatic rings. The molecule has 0 saturated carbocycles. The zero-order chi connectivity index (χ0) is 15.6. The number of nitrogens with two attached hydrogens (primary N) is 1. The van der Waals surface area contributed by atoms with Crippen molar-refractivity contribution in [2.75, 3.05) is 5.32 Å². The molecule has 0 saturated heterocycles. The highest BCUT2D eigenvalue weighted by molar-refractivity contribution is 7.89. The maximum absolute atomic E-state index is 13.1. The van der Waals surface area contributed by atoms with Gasteiger partial charge in [-0.3, -0.25) is 0 Å². The summed E-state index contributed by atoms with van der Waals surface area (Å²) in [5, 5.41) is 17.8. The largest absolute Gasteiger partial charge is 0.508 e. The molecule has 2 rings (SSSR count). The van der Waals surface area contributed by atoms with Gasteiger partial charge in [-0.2, -0.15) is 0 Å². The van der Waals surface area contributed by atoms with Gasteiger partial charge in [0, 0.05) is 12.1 Å². The van der Waals surface area contributed by atoms with E-state index in [1.165, 1.54) is 30.3 Å². The van der Waals surface area contributed by atoms with Gasteiger partial charge in [-0.05, 0) is 36.4 Å². The van der Waals surface area contributed by atoms with Crippen molar-refractivity contribution in [2.24, 2.45) is 5.14 Å². The van der Waals surface area contributed by atoms with Crippen LogP contribution in [-0.4, -0.2) is 13.5 Å². The van der Waals surface area contributed by atoms with Crippen LogP contribution in [0, 0.1) is 5.82 Å². The molecule has 0 amide bonds. The zero-order valence-corrected chi connectivity index (χ0v) is 12.2. The molecule has 2 aromatic carbocycles. The van der Waals surface area contributed by atoms with E-state index in [1.807, 2.05) is 0 Å². The summed E-state index contributed by atoms with van der Waals surface area (Å²) in [6.45, 7) is 0.0669. The molecule has 0 heterocycles. The van der Waals surface area contributed by atoms with Crippen molar-refractivity contribution in [3.8, 4) is 5.75 Å². The van der Waals surface area contributed by atoms with Crippen molar-refractivity contribution in [2.45, 2.75) is 11.4 Å². The number of halogens is 2. The van der Waals surface area contributed by atoms with Crippen molar-refractivity contribution in [1.29, 1.82) is 0 Å². The first kappa shape index (κ1) is 15.6. The molecule has 8 heteroatoms. The van der Waals surface area contributed by atoms with E-state index in [0.29, 0.717) is 11.3 Å². The number of hydrogen-bond acceptors (Lipinski definition) is 4. The van der Waals surface area contributed by atoms with E-state index in [0.717, 1.165) is 6.07 Å². The molecule has 0 bridgehead atoms. The number of aromatic hydroxyl groups is 1. The van der Waals surface area contributed by atoms with Crippen molar-refractivity contribution in [3.63, 3.8) is 0 Å². The summed E-state index contributed by atoms with van der Waals surface area (Å²) >= 11 is 5.95. The predicted octanol–water partition coefficient (Wildman–Crippen LogP) is 2.44. The Morgan fingerprint density at radius 3 is 2.62 bits per heavy atom. The topological polar surface area (TPSA) is 92.4 Å². The molecule has 0 unspecified atom stereocenters. The molecule has 5 nitrogen and oxygen atoms in total. The standard InChI is InChI=1S/C13H12ClFN2O3S/c14-11-3-2-10(21(16,19)20)6-12(11)17-7-8-5-9(15)1-4-13(8)18/h1-6,17-18H,7H2,(H2,16,19,20). The average Bonchev–Trinajstić information content (AvgIpc) is 2.40. The lowest BCUT2D eigenvalue weighted by atomic mass is 10.2. The molecular weight excluding hydrogens is 319 g/mol. The maximum atomic E-state index is 13.1. The van der Waals surface area contributed by atoms with E-state index < -0.39 is 15.8 Å². The Morgan fingerprint density at radius 1 is 1.24 bits per heavy atom. The zero-order valence-electron chi connectivity index (χ0n) is 10.7. The van der Waals surface area contributed by atoms with Crippen LogP contribution in [0.1, 0.15) is 5.56 Å². The fraction of sp³-hybridized carbons (Fsp3) is 0.0769. The summed E-state index contributed by atoms with van der Waals surface area (Å²) < 4.78 is 35.7. The summed E-state index contributed by atoms with van der Waals surface area (Å²) in [4.78, 5) is -0.0992. The van der Waals surface area contributed by atoms with Gasteiger partial charge in [0.15, 0.2) is 0 Å². The number of nitrogens with one attached hydrogen (secondary N) is 1. The number of hydrogen-bond donors (Lipinski definition) is 3. The van der Waals surface area contributed by atoms with Crippen LogP contribution in [0.2, 0.25) is 5.02 Å². The molecule has 0 fully saturated rings. The van der Waals surface area contributed by atoms with Gasteiger partial charge in [-0.25, -0.2) is 17.9 Å². The van der Waals surface area contributed by atoms with Gasteiger partial charge >= 0.3 is 0 Å². The van der Waals surface area contributed by atoms with E-state index in [2.05, 4.69) is 5.32 Å². The Hall–Kier alpha value is -1.83. The van der Waals surface area contributed by atoms with Gasteiger partial charge in [0.2, 0.25) is 10.0 Å². The quantitative estimate of drug-likeness (QED) is 0.802. The number of rotatable bonds is 4. The third-order valence-electron chi connectivity index (χ3n) is 2.78. The van der Waals surface area contributed by atoms with Crippen molar-refractivity contribution < 1.29 is 17.9 Å². The number of benzene rings is 2. The Balaban J connectivity index is 2.26. The normalized spacial score (nSPS) is 11.4. The smallest absolute Gasteiger partial charge is 0.238 e. The highest BCUT2D eigenvalue weighted by Crippen LogP contribution is 2.26. The van der Waals surface area contributed by atoms with Crippen LogP contribution in [0.5, 0.6) is 5.75 Å². The van der Waals surface area contributed by atoms with Crippen LogP contribution in [0.4, 0.5) is 10.1 Å². The summed E-state index contributed by atoms with van der Waals surface area (Å²) in [5.74, 6) is -0.573. The molecule has 0 radical (unpaired) electrons.